The molecule has 2 aliphatic heterocycles. The van der Waals surface area contributed by atoms with E-state index in [0.29, 0.717) is 37.6 Å². The highest BCUT2D eigenvalue weighted by atomic mass is 32.1. The van der Waals surface area contributed by atoms with E-state index in [9.17, 15) is 14.4 Å². The average Bonchev–Trinajstić information content (AvgIpc) is 3.24. The van der Waals surface area contributed by atoms with E-state index in [4.69, 9.17) is 0 Å². The molecule has 0 atom stereocenters. The normalized spacial score (nSPS) is 18.2. The summed E-state index contributed by atoms with van der Waals surface area (Å²) in [5, 5.41) is 8.44. The molecule has 0 spiro atoms. The SMILES string of the molecule is Cc1csc(NC(=O)C2CCN(CC(=O)N3CCC(C(=O)Nc4ccccc4)CC3)CC2)n1. The van der Waals surface area contributed by atoms with Gasteiger partial charge in [-0.3, -0.25) is 19.3 Å². The number of amides is 3. The molecule has 0 aliphatic carbocycles. The van der Waals surface area contributed by atoms with E-state index in [1.54, 1.807) is 0 Å². The van der Waals surface area contributed by atoms with E-state index in [-0.39, 0.29) is 29.6 Å². The first-order chi connectivity index (χ1) is 16.0. The first kappa shape index (κ1) is 23.4. The van der Waals surface area contributed by atoms with Crippen LogP contribution in [0.15, 0.2) is 35.7 Å². The van der Waals surface area contributed by atoms with E-state index >= 15 is 0 Å². The monoisotopic (exact) mass is 469 g/mol. The number of rotatable bonds is 6. The Hall–Kier alpha value is -2.78. The molecule has 33 heavy (non-hydrogen) atoms. The van der Waals surface area contributed by atoms with Gasteiger partial charge in [0.05, 0.1) is 12.2 Å². The minimum Gasteiger partial charge on any atom is -0.342 e. The summed E-state index contributed by atoms with van der Waals surface area (Å²) in [6.45, 7) is 4.97. The van der Waals surface area contributed by atoms with Gasteiger partial charge in [0.15, 0.2) is 5.13 Å². The Morgan fingerprint density at radius 2 is 1.55 bits per heavy atom. The molecule has 8 nitrogen and oxygen atoms in total. The molecule has 2 aromatic rings. The van der Waals surface area contributed by atoms with Crippen LogP contribution in [0.1, 0.15) is 31.4 Å². The van der Waals surface area contributed by atoms with Gasteiger partial charge in [-0.2, -0.15) is 0 Å². The summed E-state index contributed by atoms with van der Waals surface area (Å²) in [5.74, 6) is 0.0513. The van der Waals surface area contributed by atoms with Crippen molar-refractivity contribution in [1.29, 1.82) is 0 Å². The maximum atomic E-state index is 12.8. The third-order valence-corrected chi connectivity index (χ3v) is 7.30. The largest absolute Gasteiger partial charge is 0.342 e. The topological polar surface area (TPSA) is 94.6 Å². The Bertz CT molecular complexity index is 963. The van der Waals surface area contributed by atoms with Gasteiger partial charge in [0, 0.05) is 36.0 Å². The molecule has 0 unspecified atom stereocenters. The van der Waals surface area contributed by atoms with E-state index in [1.165, 1.54) is 11.3 Å². The predicted octanol–water partition coefficient (Wildman–Crippen LogP) is 2.98. The van der Waals surface area contributed by atoms with Gasteiger partial charge in [0.25, 0.3) is 0 Å². The molecule has 3 amide bonds. The number of benzene rings is 1. The fourth-order valence-corrected chi connectivity index (χ4v) is 5.11. The summed E-state index contributed by atoms with van der Waals surface area (Å²) in [7, 11) is 0. The second kappa shape index (κ2) is 10.9. The highest BCUT2D eigenvalue weighted by Gasteiger charge is 2.30. The number of nitrogens with one attached hydrogen (secondary N) is 2. The van der Waals surface area contributed by atoms with Crippen molar-refractivity contribution in [2.24, 2.45) is 11.8 Å². The molecular formula is C24H31N5O3S. The Morgan fingerprint density at radius 3 is 2.15 bits per heavy atom. The number of anilines is 2. The van der Waals surface area contributed by atoms with Crippen LogP contribution in [-0.2, 0) is 14.4 Å². The van der Waals surface area contributed by atoms with Crippen molar-refractivity contribution in [3.63, 3.8) is 0 Å². The molecule has 0 bridgehead atoms. The molecule has 0 radical (unpaired) electrons. The minimum absolute atomic E-state index is 0.0196. The van der Waals surface area contributed by atoms with Crippen LogP contribution in [0.2, 0.25) is 0 Å². The Balaban J connectivity index is 1.16. The summed E-state index contributed by atoms with van der Waals surface area (Å²) < 4.78 is 0. The van der Waals surface area contributed by atoms with E-state index in [2.05, 4.69) is 20.5 Å². The molecule has 4 rings (SSSR count). The van der Waals surface area contributed by atoms with Crippen LogP contribution in [0.4, 0.5) is 10.8 Å². The lowest BCUT2D eigenvalue weighted by molar-refractivity contribution is -0.136. The van der Waals surface area contributed by atoms with Crippen molar-refractivity contribution in [3.05, 3.63) is 41.4 Å². The summed E-state index contributed by atoms with van der Waals surface area (Å²) in [4.78, 5) is 46.1. The van der Waals surface area contributed by atoms with Gasteiger partial charge in [-0.15, -0.1) is 11.3 Å². The average molecular weight is 470 g/mol. The number of aryl methyl sites for hydroxylation is 1. The highest BCUT2D eigenvalue weighted by Crippen LogP contribution is 2.23. The number of hydrogen-bond acceptors (Lipinski definition) is 6. The molecule has 0 saturated carbocycles. The smallest absolute Gasteiger partial charge is 0.236 e. The quantitative estimate of drug-likeness (QED) is 0.678. The van der Waals surface area contributed by atoms with Crippen LogP contribution in [0.5, 0.6) is 0 Å². The number of carbonyl (C=O) groups is 3. The maximum Gasteiger partial charge on any atom is 0.236 e. The molecule has 2 aliphatic rings. The lowest BCUT2D eigenvalue weighted by Gasteiger charge is -2.35. The zero-order valence-electron chi connectivity index (χ0n) is 19.0. The van der Waals surface area contributed by atoms with Crippen molar-refractivity contribution in [2.75, 3.05) is 43.4 Å². The number of para-hydroxylation sites is 1. The van der Waals surface area contributed by atoms with Gasteiger partial charge < -0.3 is 15.5 Å². The zero-order chi connectivity index (χ0) is 23.2. The van der Waals surface area contributed by atoms with Gasteiger partial charge in [0.2, 0.25) is 17.7 Å². The Kier molecular flexibility index (Phi) is 7.72. The first-order valence-corrected chi connectivity index (χ1v) is 12.4. The number of carbonyl (C=O) groups excluding carboxylic acids is 3. The molecule has 2 N–H and O–H groups in total. The lowest BCUT2D eigenvalue weighted by atomic mass is 9.95. The standard InChI is InChI=1S/C24H31N5O3S/c1-17-16-33-24(25-17)27-23(32)18-7-11-28(12-8-18)15-21(30)29-13-9-19(10-14-29)22(31)26-20-5-3-2-4-6-20/h2-6,16,18-19H,7-15H2,1H3,(H,26,31)(H,25,27,32). The third kappa shape index (κ3) is 6.39. The number of likely N-dealkylation sites (tertiary alicyclic amines) is 2. The molecule has 1 aromatic carbocycles. The Morgan fingerprint density at radius 1 is 0.939 bits per heavy atom. The van der Waals surface area contributed by atoms with Gasteiger partial charge in [-0.25, -0.2) is 4.98 Å². The molecule has 9 heteroatoms. The first-order valence-electron chi connectivity index (χ1n) is 11.6. The molecule has 176 valence electrons. The van der Waals surface area contributed by atoms with Crippen molar-refractivity contribution >= 4 is 39.9 Å². The molecule has 3 heterocycles. The van der Waals surface area contributed by atoms with Gasteiger partial charge in [-0.05, 0) is 57.8 Å². The van der Waals surface area contributed by atoms with Crippen molar-refractivity contribution in [2.45, 2.75) is 32.6 Å². The molecule has 1 aromatic heterocycles. The minimum atomic E-state index is -0.0647. The number of nitrogens with zero attached hydrogens (tertiary/aromatic N) is 3. The molecule has 2 saturated heterocycles. The van der Waals surface area contributed by atoms with Crippen LogP contribution in [-0.4, -0.2) is 65.2 Å². The van der Waals surface area contributed by atoms with Crippen molar-refractivity contribution in [3.8, 4) is 0 Å². The zero-order valence-corrected chi connectivity index (χ0v) is 19.8. The van der Waals surface area contributed by atoms with Gasteiger partial charge in [0.1, 0.15) is 0 Å². The van der Waals surface area contributed by atoms with E-state index in [0.717, 1.165) is 37.3 Å². The van der Waals surface area contributed by atoms with Crippen LogP contribution < -0.4 is 10.6 Å². The number of piperidine rings is 2. The number of hydrogen-bond donors (Lipinski definition) is 2. The van der Waals surface area contributed by atoms with Crippen LogP contribution in [0.25, 0.3) is 0 Å². The van der Waals surface area contributed by atoms with Crippen LogP contribution >= 0.6 is 11.3 Å². The van der Waals surface area contributed by atoms with Crippen LogP contribution in [0, 0.1) is 18.8 Å². The second-order valence-corrected chi connectivity index (χ2v) is 9.70. The summed E-state index contributed by atoms with van der Waals surface area (Å²) >= 11 is 1.44. The second-order valence-electron chi connectivity index (χ2n) is 8.84. The fourth-order valence-electron chi connectivity index (χ4n) is 4.42. The number of thiazole rings is 1. The van der Waals surface area contributed by atoms with E-state index in [1.807, 2.05) is 47.5 Å². The maximum absolute atomic E-state index is 12.8. The molecular weight excluding hydrogens is 438 g/mol. The molecule has 2 fully saturated rings. The highest BCUT2D eigenvalue weighted by molar-refractivity contribution is 7.13. The number of aromatic nitrogens is 1. The summed E-state index contributed by atoms with van der Waals surface area (Å²) in [6.07, 6.45) is 2.85. The van der Waals surface area contributed by atoms with E-state index < -0.39 is 0 Å². The van der Waals surface area contributed by atoms with Gasteiger partial charge in [-0.1, -0.05) is 18.2 Å². The predicted molar refractivity (Wildman–Crippen MR) is 129 cm³/mol. The third-order valence-electron chi connectivity index (χ3n) is 6.43. The Labute approximate surface area is 198 Å². The van der Waals surface area contributed by atoms with Gasteiger partial charge >= 0.3 is 0 Å². The van der Waals surface area contributed by atoms with Crippen LogP contribution in [0.3, 0.4) is 0 Å². The van der Waals surface area contributed by atoms with Crippen molar-refractivity contribution < 1.29 is 14.4 Å². The fraction of sp³-hybridized carbons (Fsp3) is 0.500. The summed E-state index contributed by atoms with van der Waals surface area (Å²) in [6, 6.07) is 9.47. The lowest BCUT2D eigenvalue weighted by Crippen LogP contribution is -2.47. The van der Waals surface area contributed by atoms with Crippen molar-refractivity contribution in [1.82, 2.24) is 14.8 Å². The summed E-state index contributed by atoms with van der Waals surface area (Å²) in [5.41, 5.74) is 1.71.